The van der Waals surface area contributed by atoms with Crippen LogP contribution in [0.2, 0.25) is 10.0 Å². The van der Waals surface area contributed by atoms with Crippen LogP contribution >= 0.6 is 35.0 Å². The van der Waals surface area contributed by atoms with Gasteiger partial charge in [-0.15, -0.1) is 11.8 Å². The van der Waals surface area contributed by atoms with Gasteiger partial charge in [-0.2, -0.15) is 0 Å². The SMILES string of the molecule is CC(=O)Nc1ccc(NC(=O)C(C)Sc2c(Cl)cccc2Cl)cc1. The van der Waals surface area contributed by atoms with Crippen LogP contribution in [0, 0.1) is 0 Å². The van der Waals surface area contributed by atoms with Crippen LogP contribution < -0.4 is 10.6 Å². The molecule has 4 nitrogen and oxygen atoms in total. The first kappa shape index (κ1) is 18.6. The van der Waals surface area contributed by atoms with Gasteiger partial charge in [0.1, 0.15) is 0 Å². The van der Waals surface area contributed by atoms with Crippen molar-refractivity contribution in [2.45, 2.75) is 24.0 Å². The summed E-state index contributed by atoms with van der Waals surface area (Å²) in [6, 6.07) is 12.1. The Bertz CT molecular complexity index is 731. The molecule has 24 heavy (non-hydrogen) atoms. The van der Waals surface area contributed by atoms with Gasteiger partial charge in [-0.3, -0.25) is 9.59 Å². The van der Waals surface area contributed by atoms with Crippen LogP contribution in [0.25, 0.3) is 0 Å². The van der Waals surface area contributed by atoms with Gasteiger partial charge >= 0.3 is 0 Å². The van der Waals surface area contributed by atoms with Crippen molar-refractivity contribution in [3.05, 3.63) is 52.5 Å². The summed E-state index contributed by atoms with van der Waals surface area (Å²) in [6.45, 7) is 3.22. The van der Waals surface area contributed by atoms with E-state index in [1.807, 2.05) is 0 Å². The summed E-state index contributed by atoms with van der Waals surface area (Å²) in [5, 5.41) is 6.15. The van der Waals surface area contributed by atoms with Gasteiger partial charge in [-0.05, 0) is 43.3 Å². The molecule has 0 aromatic heterocycles. The normalized spacial score (nSPS) is 11.7. The number of anilines is 2. The predicted octanol–water partition coefficient (Wildman–Crippen LogP) is 5.07. The number of hydrogen-bond donors (Lipinski definition) is 2. The zero-order valence-electron chi connectivity index (χ0n) is 13.1. The molecule has 2 rings (SSSR count). The van der Waals surface area contributed by atoms with Crippen LogP contribution in [-0.4, -0.2) is 17.1 Å². The van der Waals surface area contributed by atoms with E-state index >= 15 is 0 Å². The predicted molar refractivity (Wildman–Crippen MR) is 101 cm³/mol. The molecule has 0 saturated carbocycles. The maximum atomic E-state index is 12.3. The van der Waals surface area contributed by atoms with Gasteiger partial charge in [0, 0.05) is 23.2 Å². The quantitative estimate of drug-likeness (QED) is 0.709. The van der Waals surface area contributed by atoms with Gasteiger partial charge < -0.3 is 10.6 Å². The molecule has 0 fully saturated rings. The van der Waals surface area contributed by atoms with E-state index in [9.17, 15) is 9.59 Å². The highest BCUT2D eigenvalue weighted by Crippen LogP contribution is 2.36. The molecule has 126 valence electrons. The Morgan fingerprint density at radius 3 is 1.96 bits per heavy atom. The van der Waals surface area contributed by atoms with Crippen molar-refractivity contribution in [3.8, 4) is 0 Å². The summed E-state index contributed by atoms with van der Waals surface area (Å²) in [5.41, 5.74) is 1.32. The Balaban J connectivity index is 2.00. The van der Waals surface area contributed by atoms with Crippen molar-refractivity contribution in [1.29, 1.82) is 0 Å². The minimum absolute atomic E-state index is 0.145. The number of benzene rings is 2. The lowest BCUT2D eigenvalue weighted by atomic mass is 10.2. The Hall–Kier alpha value is -1.69. The average Bonchev–Trinajstić information content (AvgIpc) is 2.52. The van der Waals surface area contributed by atoms with Gasteiger partial charge in [-0.1, -0.05) is 29.3 Å². The topological polar surface area (TPSA) is 58.2 Å². The number of nitrogens with one attached hydrogen (secondary N) is 2. The summed E-state index contributed by atoms with van der Waals surface area (Å²) >= 11 is 13.6. The first-order valence-electron chi connectivity index (χ1n) is 7.16. The highest BCUT2D eigenvalue weighted by Gasteiger charge is 2.18. The van der Waals surface area contributed by atoms with Crippen molar-refractivity contribution in [2.24, 2.45) is 0 Å². The molecular formula is C17H16Cl2N2O2S. The van der Waals surface area contributed by atoms with Gasteiger partial charge in [0.25, 0.3) is 0 Å². The van der Waals surface area contributed by atoms with Crippen LogP contribution in [0.5, 0.6) is 0 Å². The number of amides is 2. The van der Waals surface area contributed by atoms with E-state index in [4.69, 9.17) is 23.2 Å². The summed E-state index contributed by atoms with van der Waals surface area (Å²) in [6.07, 6.45) is 0. The lowest BCUT2D eigenvalue weighted by Gasteiger charge is -2.14. The second-order valence-electron chi connectivity index (χ2n) is 5.06. The van der Waals surface area contributed by atoms with E-state index < -0.39 is 0 Å². The highest BCUT2D eigenvalue weighted by atomic mass is 35.5. The smallest absolute Gasteiger partial charge is 0.237 e. The number of rotatable bonds is 5. The highest BCUT2D eigenvalue weighted by molar-refractivity contribution is 8.00. The zero-order valence-corrected chi connectivity index (χ0v) is 15.4. The fourth-order valence-electron chi connectivity index (χ4n) is 1.91. The van der Waals surface area contributed by atoms with Gasteiger partial charge in [0.2, 0.25) is 11.8 Å². The number of carbonyl (C=O) groups excluding carboxylic acids is 2. The van der Waals surface area contributed by atoms with Crippen molar-refractivity contribution >= 4 is 58.2 Å². The molecule has 0 bridgehead atoms. The van der Waals surface area contributed by atoms with E-state index in [2.05, 4.69) is 10.6 Å². The molecule has 1 atom stereocenters. The fourth-order valence-corrected chi connectivity index (χ4v) is 3.45. The molecule has 0 spiro atoms. The molecular weight excluding hydrogens is 367 g/mol. The van der Waals surface area contributed by atoms with Crippen LogP contribution in [0.15, 0.2) is 47.4 Å². The first-order valence-corrected chi connectivity index (χ1v) is 8.79. The lowest BCUT2D eigenvalue weighted by Crippen LogP contribution is -2.22. The van der Waals surface area contributed by atoms with Crippen LogP contribution in [0.3, 0.4) is 0 Å². The summed E-state index contributed by atoms with van der Waals surface area (Å²) in [4.78, 5) is 24.0. The molecule has 0 aliphatic heterocycles. The van der Waals surface area contributed by atoms with Crippen molar-refractivity contribution < 1.29 is 9.59 Å². The molecule has 7 heteroatoms. The zero-order chi connectivity index (χ0) is 17.7. The number of halogens is 2. The summed E-state index contributed by atoms with van der Waals surface area (Å²) in [5.74, 6) is -0.309. The van der Waals surface area contributed by atoms with Crippen LogP contribution in [0.4, 0.5) is 11.4 Å². The standard InChI is InChI=1S/C17H16Cl2N2O2S/c1-10(24-16-14(18)4-3-5-15(16)19)17(23)21-13-8-6-12(7-9-13)20-11(2)22/h3-10H,1-2H3,(H,20,22)(H,21,23). The van der Waals surface area contributed by atoms with Gasteiger partial charge in [0.05, 0.1) is 15.3 Å². The number of hydrogen-bond acceptors (Lipinski definition) is 3. The Morgan fingerprint density at radius 2 is 1.46 bits per heavy atom. The molecule has 2 N–H and O–H groups in total. The van der Waals surface area contributed by atoms with E-state index in [-0.39, 0.29) is 17.1 Å². The average molecular weight is 383 g/mol. The molecule has 2 amide bonds. The third-order valence-electron chi connectivity index (χ3n) is 3.06. The maximum absolute atomic E-state index is 12.3. The van der Waals surface area contributed by atoms with Crippen LogP contribution in [0.1, 0.15) is 13.8 Å². The summed E-state index contributed by atoms with van der Waals surface area (Å²) < 4.78 is 0. The molecule has 0 saturated heterocycles. The molecule has 0 aliphatic carbocycles. The lowest BCUT2D eigenvalue weighted by molar-refractivity contribution is -0.115. The molecule has 0 radical (unpaired) electrons. The van der Waals surface area contributed by atoms with E-state index in [0.717, 1.165) is 0 Å². The van der Waals surface area contributed by atoms with E-state index in [1.165, 1.54) is 18.7 Å². The van der Waals surface area contributed by atoms with Gasteiger partial charge in [-0.25, -0.2) is 0 Å². The fraction of sp³-hybridized carbons (Fsp3) is 0.176. The van der Waals surface area contributed by atoms with E-state index in [0.29, 0.717) is 26.3 Å². The molecule has 2 aromatic carbocycles. The Labute approximate surface area is 154 Å². The monoisotopic (exact) mass is 382 g/mol. The van der Waals surface area contributed by atoms with E-state index in [1.54, 1.807) is 49.4 Å². The minimum Gasteiger partial charge on any atom is -0.326 e. The van der Waals surface area contributed by atoms with Crippen molar-refractivity contribution in [1.82, 2.24) is 0 Å². The van der Waals surface area contributed by atoms with Crippen molar-refractivity contribution in [2.75, 3.05) is 10.6 Å². The largest absolute Gasteiger partial charge is 0.326 e. The molecule has 2 aromatic rings. The van der Waals surface area contributed by atoms with Crippen LogP contribution in [-0.2, 0) is 9.59 Å². The Morgan fingerprint density at radius 1 is 0.958 bits per heavy atom. The minimum atomic E-state index is -0.377. The second-order valence-corrected chi connectivity index (χ2v) is 7.22. The third kappa shape index (κ3) is 5.16. The van der Waals surface area contributed by atoms with Crippen molar-refractivity contribution in [3.63, 3.8) is 0 Å². The number of thioether (sulfide) groups is 1. The summed E-state index contributed by atoms with van der Waals surface area (Å²) in [7, 11) is 0. The first-order chi connectivity index (χ1) is 11.4. The second kappa shape index (κ2) is 8.42. The third-order valence-corrected chi connectivity index (χ3v) is 5.15. The van der Waals surface area contributed by atoms with Gasteiger partial charge in [0.15, 0.2) is 0 Å². The maximum Gasteiger partial charge on any atom is 0.237 e. The Kier molecular flexibility index (Phi) is 6.54. The number of carbonyl (C=O) groups is 2. The molecule has 0 heterocycles. The molecule has 1 unspecified atom stereocenters. The molecule has 0 aliphatic rings.